The lowest BCUT2D eigenvalue weighted by Gasteiger charge is -2.14. The molecule has 2 aromatic rings. The summed E-state index contributed by atoms with van der Waals surface area (Å²) in [5.74, 6) is 5.14. The number of rotatable bonds is 4. The Morgan fingerprint density at radius 2 is 2.00 bits per heavy atom. The number of allylic oxidation sites excluding steroid dienone is 3. The van der Waals surface area contributed by atoms with E-state index >= 15 is 0 Å². The van der Waals surface area contributed by atoms with Gasteiger partial charge in [0.05, 0.1) is 11.3 Å². The summed E-state index contributed by atoms with van der Waals surface area (Å²) in [6, 6.07) is 7.17. The third-order valence-electron chi connectivity index (χ3n) is 3.53. The third-order valence-corrected chi connectivity index (χ3v) is 3.99. The minimum absolute atomic E-state index is 0.115. The monoisotopic (exact) mass is 362 g/mol. The Balaban J connectivity index is 2.68. The maximum atomic E-state index is 12.4. The van der Waals surface area contributed by atoms with Crippen molar-refractivity contribution in [1.82, 2.24) is 10.2 Å². The number of benzene rings is 1. The van der Waals surface area contributed by atoms with E-state index in [0.717, 1.165) is 5.56 Å². The van der Waals surface area contributed by atoms with Gasteiger partial charge in [-0.3, -0.25) is 4.79 Å². The molecule has 0 bridgehead atoms. The zero-order chi connectivity index (χ0) is 17.9. The summed E-state index contributed by atoms with van der Waals surface area (Å²) >= 11 is 11.8. The molecule has 1 aromatic carbocycles. The quantitative estimate of drug-likeness (QED) is 0.374. The van der Waals surface area contributed by atoms with E-state index in [1.165, 1.54) is 0 Å². The zero-order valence-corrected chi connectivity index (χ0v) is 14.7. The van der Waals surface area contributed by atoms with Crippen LogP contribution >= 0.6 is 23.2 Å². The number of halogens is 2. The standard InChI is InChI=1S/C17H16Cl2N4O/c1-9(8-14(19)21-20)10(2)15-16(11(3)22-23-17(15)24)12-4-6-13(18)7-5-12/h4-8H,2,20H2,1,3H3,(H,23,24)/b9-8-,21-14+. The first-order valence-electron chi connectivity index (χ1n) is 7.01. The van der Waals surface area contributed by atoms with Gasteiger partial charge in [-0.25, -0.2) is 5.10 Å². The fourth-order valence-corrected chi connectivity index (χ4v) is 2.59. The van der Waals surface area contributed by atoms with Crippen LogP contribution in [0.3, 0.4) is 0 Å². The average molecular weight is 363 g/mol. The smallest absolute Gasteiger partial charge is 0.272 e. The summed E-state index contributed by atoms with van der Waals surface area (Å²) < 4.78 is 0. The molecule has 0 spiro atoms. The van der Waals surface area contributed by atoms with Crippen LogP contribution in [-0.2, 0) is 0 Å². The Hall–Kier alpha value is -2.37. The van der Waals surface area contributed by atoms with Gasteiger partial charge in [0.15, 0.2) is 0 Å². The Morgan fingerprint density at radius 1 is 1.38 bits per heavy atom. The molecule has 1 aromatic heterocycles. The highest BCUT2D eigenvalue weighted by molar-refractivity contribution is 6.68. The van der Waals surface area contributed by atoms with Crippen LogP contribution in [0.1, 0.15) is 18.2 Å². The lowest BCUT2D eigenvalue weighted by molar-refractivity contribution is 0.943. The van der Waals surface area contributed by atoms with E-state index in [-0.39, 0.29) is 10.7 Å². The summed E-state index contributed by atoms with van der Waals surface area (Å²) in [4.78, 5) is 12.4. The first kappa shape index (κ1) is 18.0. The van der Waals surface area contributed by atoms with Gasteiger partial charge in [0.25, 0.3) is 5.56 Å². The molecule has 3 N–H and O–H groups in total. The van der Waals surface area contributed by atoms with Crippen LogP contribution in [0.15, 0.2) is 52.4 Å². The van der Waals surface area contributed by atoms with Crippen molar-refractivity contribution < 1.29 is 0 Å². The zero-order valence-electron chi connectivity index (χ0n) is 13.2. The minimum Gasteiger partial charge on any atom is -0.322 e. The van der Waals surface area contributed by atoms with Crippen molar-refractivity contribution in [1.29, 1.82) is 0 Å². The number of aromatic amines is 1. The molecule has 124 valence electrons. The molecule has 0 unspecified atom stereocenters. The first-order chi connectivity index (χ1) is 11.3. The molecule has 0 saturated heterocycles. The van der Waals surface area contributed by atoms with Crippen LogP contribution in [-0.4, -0.2) is 15.4 Å². The van der Waals surface area contributed by atoms with Crippen LogP contribution in [0.2, 0.25) is 5.02 Å². The number of hydrazone groups is 1. The van der Waals surface area contributed by atoms with Gasteiger partial charge in [0.1, 0.15) is 5.17 Å². The van der Waals surface area contributed by atoms with Gasteiger partial charge in [-0.15, -0.1) is 0 Å². The van der Waals surface area contributed by atoms with E-state index in [9.17, 15) is 4.79 Å². The van der Waals surface area contributed by atoms with Crippen molar-refractivity contribution in [3.8, 4) is 11.1 Å². The highest BCUT2D eigenvalue weighted by Gasteiger charge is 2.17. The maximum absolute atomic E-state index is 12.4. The fourth-order valence-electron chi connectivity index (χ4n) is 2.30. The number of H-pyrrole nitrogens is 1. The van der Waals surface area contributed by atoms with Crippen molar-refractivity contribution in [3.05, 3.63) is 69.1 Å². The normalized spacial score (nSPS) is 12.3. The summed E-state index contributed by atoms with van der Waals surface area (Å²) in [5.41, 5.74) is 3.42. The van der Waals surface area contributed by atoms with Gasteiger partial charge >= 0.3 is 0 Å². The summed E-state index contributed by atoms with van der Waals surface area (Å²) in [6.45, 7) is 7.61. The molecule has 0 saturated carbocycles. The number of nitrogens with zero attached hydrogens (tertiary/aromatic N) is 2. The molecule has 5 nitrogen and oxygen atoms in total. The summed E-state index contributed by atoms with van der Waals surface area (Å²) in [5, 5.41) is 10.7. The Kier molecular flexibility index (Phi) is 5.59. The maximum Gasteiger partial charge on any atom is 0.272 e. The van der Waals surface area contributed by atoms with Crippen molar-refractivity contribution in [2.75, 3.05) is 0 Å². The Bertz CT molecular complexity index is 896. The second kappa shape index (κ2) is 7.47. The van der Waals surface area contributed by atoms with Gasteiger partial charge in [0, 0.05) is 10.6 Å². The first-order valence-corrected chi connectivity index (χ1v) is 7.77. The van der Waals surface area contributed by atoms with Crippen LogP contribution in [0.5, 0.6) is 0 Å². The van der Waals surface area contributed by atoms with E-state index in [4.69, 9.17) is 29.0 Å². The molecule has 7 heteroatoms. The number of nitrogens with two attached hydrogens (primary N) is 1. The van der Waals surface area contributed by atoms with Crippen molar-refractivity contribution >= 4 is 33.9 Å². The number of hydrogen-bond acceptors (Lipinski definition) is 4. The summed E-state index contributed by atoms with van der Waals surface area (Å²) in [6.07, 6.45) is 1.55. The molecular formula is C17H16Cl2N4O. The number of aromatic nitrogens is 2. The van der Waals surface area contributed by atoms with Gasteiger partial charge < -0.3 is 5.84 Å². The average Bonchev–Trinajstić information content (AvgIpc) is 2.56. The minimum atomic E-state index is -0.343. The highest BCUT2D eigenvalue weighted by atomic mass is 35.5. The molecule has 0 aliphatic carbocycles. The lowest BCUT2D eigenvalue weighted by atomic mass is 9.92. The molecule has 2 rings (SSSR count). The van der Waals surface area contributed by atoms with Gasteiger partial charge in [-0.1, -0.05) is 41.9 Å². The van der Waals surface area contributed by atoms with Crippen LogP contribution < -0.4 is 11.4 Å². The van der Waals surface area contributed by atoms with E-state index in [2.05, 4.69) is 21.9 Å². The Morgan fingerprint density at radius 3 is 2.58 bits per heavy atom. The second-order valence-electron chi connectivity index (χ2n) is 5.15. The fraction of sp³-hybridized carbons (Fsp3) is 0.118. The predicted molar refractivity (Wildman–Crippen MR) is 100 cm³/mol. The molecule has 24 heavy (non-hydrogen) atoms. The molecule has 0 radical (unpaired) electrons. The highest BCUT2D eigenvalue weighted by Crippen LogP contribution is 2.31. The topological polar surface area (TPSA) is 84.1 Å². The molecule has 0 fully saturated rings. The second-order valence-corrected chi connectivity index (χ2v) is 5.98. The van der Waals surface area contributed by atoms with Crippen LogP contribution in [0, 0.1) is 6.92 Å². The van der Waals surface area contributed by atoms with Gasteiger partial charge in [-0.2, -0.15) is 10.2 Å². The van der Waals surface area contributed by atoms with Gasteiger partial charge in [-0.05, 0) is 48.8 Å². The molecule has 1 heterocycles. The van der Waals surface area contributed by atoms with Crippen LogP contribution in [0.4, 0.5) is 0 Å². The number of nitrogens with one attached hydrogen (secondary N) is 1. The van der Waals surface area contributed by atoms with Gasteiger partial charge in [0.2, 0.25) is 0 Å². The molecule has 0 aliphatic heterocycles. The van der Waals surface area contributed by atoms with E-state index in [1.54, 1.807) is 25.1 Å². The Labute approximate surface area is 149 Å². The van der Waals surface area contributed by atoms with E-state index in [1.807, 2.05) is 19.1 Å². The predicted octanol–water partition coefficient (Wildman–Crippen LogP) is 3.87. The van der Waals surface area contributed by atoms with Crippen molar-refractivity contribution in [2.24, 2.45) is 10.9 Å². The lowest BCUT2D eigenvalue weighted by Crippen LogP contribution is -2.17. The SMILES string of the molecule is C=C(/C(C)=C\C(Cl)=N/N)c1c(-c2ccc(Cl)cc2)c(C)n[nH]c1=O. The van der Waals surface area contributed by atoms with E-state index < -0.39 is 0 Å². The largest absolute Gasteiger partial charge is 0.322 e. The third kappa shape index (κ3) is 3.75. The van der Waals surface area contributed by atoms with Crippen molar-refractivity contribution in [3.63, 3.8) is 0 Å². The van der Waals surface area contributed by atoms with E-state index in [0.29, 0.717) is 33.0 Å². The van der Waals surface area contributed by atoms with Crippen LogP contribution in [0.25, 0.3) is 16.7 Å². The molecule has 0 aliphatic rings. The number of hydrogen-bond donors (Lipinski definition) is 2. The molecule has 0 atom stereocenters. The summed E-state index contributed by atoms with van der Waals surface area (Å²) in [7, 11) is 0. The molecular weight excluding hydrogens is 347 g/mol. The van der Waals surface area contributed by atoms with Crippen molar-refractivity contribution in [2.45, 2.75) is 13.8 Å². The number of aryl methyl sites for hydroxylation is 1. The molecule has 0 amide bonds.